The molecule has 2 aromatic heterocycles. The van der Waals surface area contributed by atoms with Gasteiger partial charge in [0.2, 0.25) is 0 Å². The molecular weight excluding hydrogens is 424 g/mol. The van der Waals surface area contributed by atoms with Crippen LogP contribution >= 0.6 is 34.7 Å². The van der Waals surface area contributed by atoms with Crippen LogP contribution < -0.4 is 4.90 Å². The standard InChI is InChI=1S/C21H21ClN4OS2/c1-15-10-18(22)20(23-11-15)25-6-8-26(9-7-25)21(27)17-4-2-3-5-19(17)29-13-16-12-28-14-24-16/h2-5,10-12,14H,6-9,13H2,1H3. The Balaban J connectivity index is 1.42. The second-order valence-electron chi connectivity index (χ2n) is 6.86. The van der Waals surface area contributed by atoms with Gasteiger partial charge in [-0.25, -0.2) is 9.97 Å². The van der Waals surface area contributed by atoms with E-state index in [9.17, 15) is 4.79 Å². The van der Waals surface area contributed by atoms with Gasteiger partial charge in [-0.2, -0.15) is 0 Å². The normalized spacial score (nSPS) is 14.3. The van der Waals surface area contributed by atoms with E-state index in [1.807, 2.05) is 59.2 Å². The lowest BCUT2D eigenvalue weighted by Crippen LogP contribution is -2.49. The summed E-state index contributed by atoms with van der Waals surface area (Å²) in [5.41, 5.74) is 4.67. The van der Waals surface area contributed by atoms with Crippen LogP contribution in [0.4, 0.5) is 5.82 Å². The van der Waals surface area contributed by atoms with E-state index >= 15 is 0 Å². The quantitative estimate of drug-likeness (QED) is 0.531. The third kappa shape index (κ3) is 4.74. The predicted octanol–water partition coefficient (Wildman–Crippen LogP) is 4.75. The molecule has 0 unspecified atom stereocenters. The Morgan fingerprint density at radius 1 is 1.21 bits per heavy atom. The highest BCUT2D eigenvalue weighted by atomic mass is 35.5. The lowest BCUT2D eigenvalue weighted by Gasteiger charge is -2.36. The first-order valence-electron chi connectivity index (χ1n) is 9.37. The average Bonchev–Trinajstić information content (AvgIpc) is 3.26. The summed E-state index contributed by atoms with van der Waals surface area (Å²) in [7, 11) is 0. The Morgan fingerprint density at radius 2 is 2.00 bits per heavy atom. The monoisotopic (exact) mass is 444 g/mol. The molecule has 5 nitrogen and oxygen atoms in total. The highest BCUT2D eigenvalue weighted by molar-refractivity contribution is 7.98. The molecule has 1 aliphatic rings. The lowest BCUT2D eigenvalue weighted by atomic mass is 10.1. The van der Waals surface area contributed by atoms with Crippen LogP contribution in [0.15, 0.2) is 52.3 Å². The molecule has 1 aliphatic heterocycles. The minimum absolute atomic E-state index is 0.0778. The number of piperazine rings is 1. The molecule has 1 fully saturated rings. The van der Waals surface area contributed by atoms with Gasteiger partial charge in [0.05, 0.1) is 21.8 Å². The number of nitrogens with zero attached hydrogens (tertiary/aromatic N) is 4. The van der Waals surface area contributed by atoms with Crippen LogP contribution in [0, 0.1) is 6.92 Å². The van der Waals surface area contributed by atoms with E-state index in [0.717, 1.165) is 46.4 Å². The third-order valence-corrected chi connectivity index (χ3v) is 6.82. The number of hydrogen-bond acceptors (Lipinski definition) is 6. The fraction of sp³-hybridized carbons (Fsp3) is 0.286. The first kappa shape index (κ1) is 20.2. The molecule has 4 rings (SSSR count). The first-order chi connectivity index (χ1) is 14.1. The van der Waals surface area contributed by atoms with Gasteiger partial charge in [0.25, 0.3) is 5.91 Å². The predicted molar refractivity (Wildman–Crippen MR) is 120 cm³/mol. The number of amides is 1. The van der Waals surface area contributed by atoms with Gasteiger partial charge in [-0.15, -0.1) is 23.1 Å². The van der Waals surface area contributed by atoms with Crippen molar-refractivity contribution >= 4 is 46.4 Å². The van der Waals surface area contributed by atoms with Gasteiger partial charge in [-0.05, 0) is 30.7 Å². The Hall–Kier alpha value is -2.09. The Morgan fingerprint density at radius 3 is 2.72 bits per heavy atom. The summed E-state index contributed by atoms with van der Waals surface area (Å²) in [5, 5.41) is 2.70. The van der Waals surface area contributed by atoms with Crippen LogP contribution in [0.5, 0.6) is 0 Å². The van der Waals surface area contributed by atoms with Crippen molar-refractivity contribution in [3.63, 3.8) is 0 Å². The maximum atomic E-state index is 13.2. The molecule has 150 valence electrons. The molecule has 0 N–H and O–H groups in total. The van der Waals surface area contributed by atoms with Gasteiger partial charge in [-0.3, -0.25) is 4.79 Å². The van der Waals surface area contributed by atoms with Crippen LogP contribution in [0.3, 0.4) is 0 Å². The van der Waals surface area contributed by atoms with Gasteiger partial charge < -0.3 is 9.80 Å². The van der Waals surface area contributed by atoms with E-state index in [2.05, 4.69) is 14.9 Å². The van der Waals surface area contributed by atoms with Crippen LogP contribution in [-0.2, 0) is 5.75 Å². The van der Waals surface area contributed by atoms with Gasteiger partial charge >= 0.3 is 0 Å². The van der Waals surface area contributed by atoms with Crippen molar-refractivity contribution in [3.05, 3.63) is 69.3 Å². The summed E-state index contributed by atoms with van der Waals surface area (Å²) in [6.07, 6.45) is 1.83. The summed E-state index contributed by atoms with van der Waals surface area (Å²) in [4.78, 5) is 27.0. The number of anilines is 1. The fourth-order valence-corrected chi connectivity index (χ4v) is 5.23. The molecule has 1 saturated heterocycles. The summed E-state index contributed by atoms with van der Waals surface area (Å²) < 4.78 is 0. The number of carbonyl (C=O) groups excluding carboxylic acids is 1. The van der Waals surface area contributed by atoms with Crippen molar-refractivity contribution in [3.8, 4) is 0 Å². The van der Waals surface area contributed by atoms with Gasteiger partial charge in [0.1, 0.15) is 5.82 Å². The van der Waals surface area contributed by atoms with Crippen molar-refractivity contribution in [1.29, 1.82) is 0 Å². The number of benzene rings is 1. The molecule has 0 saturated carbocycles. The second-order valence-corrected chi connectivity index (χ2v) is 9.01. The number of thiazole rings is 1. The third-order valence-electron chi connectivity index (χ3n) is 4.80. The number of hydrogen-bond donors (Lipinski definition) is 0. The number of aryl methyl sites for hydroxylation is 1. The number of pyridine rings is 1. The highest BCUT2D eigenvalue weighted by Crippen LogP contribution is 2.28. The summed E-state index contributed by atoms with van der Waals surface area (Å²) >= 11 is 9.61. The Kier molecular flexibility index (Phi) is 6.37. The molecule has 0 aliphatic carbocycles. The van der Waals surface area contributed by atoms with E-state index in [4.69, 9.17) is 11.6 Å². The molecule has 3 aromatic rings. The summed E-state index contributed by atoms with van der Waals surface area (Å²) in [6.45, 7) is 4.71. The largest absolute Gasteiger partial charge is 0.352 e. The number of thioether (sulfide) groups is 1. The van der Waals surface area contributed by atoms with Gasteiger partial charge in [0, 0.05) is 48.4 Å². The molecule has 0 bridgehead atoms. The molecular formula is C21H21ClN4OS2. The topological polar surface area (TPSA) is 49.3 Å². The molecule has 0 radical (unpaired) electrons. The molecule has 8 heteroatoms. The first-order valence-corrected chi connectivity index (χ1v) is 11.7. The van der Waals surface area contributed by atoms with Crippen molar-refractivity contribution in [2.75, 3.05) is 31.1 Å². The molecule has 3 heterocycles. The zero-order valence-electron chi connectivity index (χ0n) is 16.0. The van der Waals surface area contributed by atoms with Crippen LogP contribution in [0.25, 0.3) is 0 Å². The Bertz CT molecular complexity index is 988. The minimum Gasteiger partial charge on any atom is -0.352 e. The summed E-state index contributed by atoms with van der Waals surface area (Å²) in [5.74, 6) is 1.64. The fourth-order valence-electron chi connectivity index (χ4n) is 3.28. The van der Waals surface area contributed by atoms with Gasteiger partial charge in [0.15, 0.2) is 0 Å². The van der Waals surface area contributed by atoms with E-state index < -0.39 is 0 Å². The Labute approximate surface area is 183 Å². The SMILES string of the molecule is Cc1cnc(N2CCN(C(=O)c3ccccc3SCc3cscn3)CC2)c(Cl)c1. The average molecular weight is 445 g/mol. The number of carbonyl (C=O) groups is 1. The van der Waals surface area contributed by atoms with E-state index in [1.165, 1.54) is 0 Å². The van der Waals surface area contributed by atoms with Crippen LogP contribution in [-0.4, -0.2) is 47.0 Å². The molecule has 0 atom stereocenters. The lowest BCUT2D eigenvalue weighted by molar-refractivity contribution is 0.0743. The van der Waals surface area contributed by atoms with E-state index in [1.54, 1.807) is 23.1 Å². The molecule has 0 spiro atoms. The zero-order chi connectivity index (χ0) is 20.2. The summed E-state index contributed by atoms with van der Waals surface area (Å²) in [6, 6.07) is 9.75. The number of rotatable bonds is 5. The minimum atomic E-state index is 0.0778. The van der Waals surface area contributed by atoms with Crippen molar-refractivity contribution < 1.29 is 4.79 Å². The molecule has 1 aromatic carbocycles. The number of aromatic nitrogens is 2. The maximum Gasteiger partial charge on any atom is 0.255 e. The van der Waals surface area contributed by atoms with Gasteiger partial charge in [-0.1, -0.05) is 23.7 Å². The van der Waals surface area contributed by atoms with Crippen molar-refractivity contribution in [2.45, 2.75) is 17.6 Å². The highest BCUT2D eigenvalue weighted by Gasteiger charge is 2.25. The van der Waals surface area contributed by atoms with Crippen molar-refractivity contribution in [2.24, 2.45) is 0 Å². The van der Waals surface area contributed by atoms with Crippen LogP contribution in [0.2, 0.25) is 5.02 Å². The number of halogens is 1. The zero-order valence-corrected chi connectivity index (χ0v) is 18.4. The molecule has 29 heavy (non-hydrogen) atoms. The smallest absolute Gasteiger partial charge is 0.255 e. The maximum absolute atomic E-state index is 13.2. The molecule has 1 amide bonds. The second kappa shape index (κ2) is 9.15. The van der Waals surface area contributed by atoms with Crippen LogP contribution in [0.1, 0.15) is 21.6 Å². The van der Waals surface area contributed by atoms with Crippen molar-refractivity contribution in [1.82, 2.24) is 14.9 Å². The van der Waals surface area contributed by atoms with E-state index in [-0.39, 0.29) is 5.91 Å². The van der Waals surface area contributed by atoms with E-state index in [0.29, 0.717) is 18.1 Å².